The summed E-state index contributed by atoms with van der Waals surface area (Å²) in [4.78, 5) is 24.8. The lowest BCUT2D eigenvalue weighted by Gasteiger charge is -2.09. The molecule has 0 saturated heterocycles. The topological polar surface area (TPSA) is 52.6 Å². The molecular formula is C36H34O4. The van der Waals surface area contributed by atoms with Crippen molar-refractivity contribution in [3.8, 4) is 11.5 Å². The van der Waals surface area contributed by atoms with Crippen LogP contribution in [0, 0.1) is 13.8 Å². The largest absolute Gasteiger partial charge is 0.494 e. The van der Waals surface area contributed by atoms with Gasteiger partial charge in [-0.25, -0.2) is 0 Å². The normalized spacial score (nSPS) is 11.2. The lowest BCUT2D eigenvalue weighted by atomic mass is 10.1. The molecule has 0 N–H and O–H groups in total. The summed E-state index contributed by atoms with van der Waals surface area (Å²) >= 11 is 0. The number of unbranched alkanes of at least 4 members (excludes halogenated alkanes) is 1. The summed E-state index contributed by atoms with van der Waals surface area (Å²) < 4.78 is 11.8. The van der Waals surface area contributed by atoms with E-state index in [1.807, 2.05) is 123 Å². The van der Waals surface area contributed by atoms with Crippen molar-refractivity contribution < 1.29 is 19.1 Å². The minimum absolute atomic E-state index is 0.0244. The molecule has 4 nitrogen and oxygen atoms in total. The van der Waals surface area contributed by atoms with Crippen LogP contribution in [0.15, 0.2) is 109 Å². The Morgan fingerprint density at radius 3 is 1.38 bits per heavy atom. The molecule has 0 aliphatic rings. The van der Waals surface area contributed by atoms with Crippen molar-refractivity contribution in [3.63, 3.8) is 0 Å². The van der Waals surface area contributed by atoms with Crippen LogP contribution in [0.3, 0.4) is 0 Å². The first-order valence-electron chi connectivity index (χ1n) is 13.5. The number of ether oxygens (including phenoxy) is 2. The first-order valence-corrected chi connectivity index (χ1v) is 13.5. The quantitative estimate of drug-likeness (QED) is 0.0990. The smallest absolute Gasteiger partial charge is 0.185 e. The predicted octanol–water partition coefficient (Wildman–Crippen LogP) is 8.33. The van der Waals surface area contributed by atoms with E-state index in [1.54, 1.807) is 12.2 Å². The molecule has 4 aromatic rings. The third kappa shape index (κ3) is 8.95. The molecule has 4 heteroatoms. The van der Waals surface area contributed by atoms with E-state index >= 15 is 0 Å². The third-order valence-electron chi connectivity index (χ3n) is 6.32. The first kappa shape index (κ1) is 28.3. The number of allylic oxidation sites excluding steroid dienone is 2. The minimum atomic E-state index is -0.0244. The maximum Gasteiger partial charge on any atom is 0.185 e. The molecule has 0 spiro atoms. The summed E-state index contributed by atoms with van der Waals surface area (Å²) in [6, 6.07) is 30.5. The number of carbonyl (C=O) groups is 2. The lowest BCUT2D eigenvalue weighted by molar-refractivity contribution is 0.103. The fraction of sp³-hybridized carbons (Fsp3) is 0.167. The van der Waals surface area contributed by atoms with Crippen molar-refractivity contribution in [1.82, 2.24) is 0 Å². The monoisotopic (exact) mass is 530 g/mol. The molecule has 0 aliphatic heterocycles. The van der Waals surface area contributed by atoms with Gasteiger partial charge in [-0.2, -0.15) is 0 Å². The average molecular weight is 531 g/mol. The Hall–Kier alpha value is -4.70. The summed E-state index contributed by atoms with van der Waals surface area (Å²) in [6.07, 6.45) is 8.49. The maximum absolute atomic E-state index is 12.4. The minimum Gasteiger partial charge on any atom is -0.494 e. The van der Waals surface area contributed by atoms with Crippen molar-refractivity contribution >= 4 is 23.7 Å². The zero-order valence-corrected chi connectivity index (χ0v) is 23.0. The molecule has 0 radical (unpaired) electrons. The predicted molar refractivity (Wildman–Crippen MR) is 162 cm³/mol. The molecule has 4 rings (SSSR count). The third-order valence-corrected chi connectivity index (χ3v) is 6.32. The Labute approximate surface area is 236 Å². The molecule has 4 aromatic carbocycles. The Balaban J connectivity index is 1.18. The summed E-state index contributed by atoms with van der Waals surface area (Å²) in [6.45, 7) is 5.14. The van der Waals surface area contributed by atoms with E-state index in [0.717, 1.165) is 46.6 Å². The van der Waals surface area contributed by atoms with Gasteiger partial charge in [0.15, 0.2) is 11.6 Å². The van der Waals surface area contributed by atoms with Crippen LogP contribution in [0.25, 0.3) is 12.2 Å². The van der Waals surface area contributed by atoms with Crippen LogP contribution in [0.4, 0.5) is 0 Å². The van der Waals surface area contributed by atoms with Gasteiger partial charge in [0.1, 0.15) is 11.5 Å². The molecule has 0 saturated carbocycles. The molecule has 0 atom stereocenters. The van der Waals surface area contributed by atoms with E-state index < -0.39 is 0 Å². The van der Waals surface area contributed by atoms with Gasteiger partial charge in [0.2, 0.25) is 0 Å². The van der Waals surface area contributed by atoms with E-state index in [1.165, 1.54) is 0 Å². The van der Waals surface area contributed by atoms with Crippen molar-refractivity contribution in [3.05, 3.63) is 143 Å². The molecule has 0 unspecified atom stereocenters. The molecule has 0 fully saturated rings. The van der Waals surface area contributed by atoms with Crippen LogP contribution in [-0.4, -0.2) is 24.8 Å². The fourth-order valence-electron chi connectivity index (χ4n) is 3.97. The van der Waals surface area contributed by atoms with Crippen LogP contribution < -0.4 is 9.47 Å². The number of rotatable bonds is 13. The van der Waals surface area contributed by atoms with Crippen LogP contribution in [0.5, 0.6) is 11.5 Å². The van der Waals surface area contributed by atoms with Gasteiger partial charge in [-0.3, -0.25) is 9.59 Å². The van der Waals surface area contributed by atoms with E-state index in [4.69, 9.17) is 9.47 Å². The van der Waals surface area contributed by atoms with Crippen LogP contribution >= 0.6 is 0 Å². The van der Waals surface area contributed by atoms with Crippen molar-refractivity contribution in [1.29, 1.82) is 0 Å². The summed E-state index contributed by atoms with van der Waals surface area (Å²) in [5.74, 6) is 1.49. The van der Waals surface area contributed by atoms with Gasteiger partial charge >= 0.3 is 0 Å². The highest BCUT2D eigenvalue weighted by atomic mass is 16.5. The second-order valence-corrected chi connectivity index (χ2v) is 9.68. The fourth-order valence-corrected chi connectivity index (χ4v) is 3.97. The number of benzene rings is 4. The number of hydrogen-bond acceptors (Lipinski definition) is 4. The summed E-state index contributed by atoms with van der Waals surface area (Å²) in [5, 5.41) is 0. The van der Waals surface area contributed by atoms with E-state index in [2.05, 4.69) is 0 Å². The van der Waals surface area contributed by atoms with Gasteiger partial charge in [0, 0.05) is 11.1 Å². The molecule has 202 valence electrons. The van der Waals surface area contributed by atoms with Gasteiger partial charge in [-0.15, -0.1) is 0 Å². The first-order chi connectivity index (χ1) is 19.5. The Bertz CT molecular complexity index is 1360. The van der Waals surface area contributed by atoms with E-state index in [9.17, 15) is 9.59 Å². The second-order valence-electron chi connectivity index (χ2n) is 9.68. The second kappa shape index (κ2) is 14.5. The van der Waals surface area contributed by atoms with Crippen molar-refractivity contribution in [2.24, 2.45) is 0 Å². The molecular weight excluding hydrogens is 496 g/mol. The number of ketones is 2. The average Bonchev–Trinajstić information content (AvgIpc) is 2.97. The van der Waals surface area contributed by atoms with Gasteiger partial charge in [-0.05, 0) is 74.2 Å². The van der Waals surface area contributed by atoms with Crippen molar-refractivity contribution in [2.75, 3.05) is 13.2 Å². The van der Waals surface area contributed by atoms with Crippen LogP contribution in [-0.2, 0) is 0 Å². The van der Waals surface area contributed by atoms with E-state index in [0.29, 0.717) is 24.3 Å². The van der Waals surface area contributed by atoms with Gasteiger partial charge < -0.3 is 9.47 Å². The van der Waals surface area contributed by atoms with Gasteiger partial charge in [0.25, 0.3) is 0 Å². The number of hydrogen-bond donors (Lipinski definition) is 0. The molecule has 0 amide bonds. The Morgan fingerprint density at radius 2 is 0.975 bits per heavy atom. The summed E-state index contributed by atoms with van der Waals surface area (Å²) in [7, 11) is 0. The molecule has 0 aliphatic carbocycles. The molecule has 0 heterocycles. The SMILES string of the molecule is Cc1ccc(C(=O)/C=C/c2cccc(OCCCCOc3cccc(/C=C/C(=O)c4ccc(C)cc4)c3)c2)cc1. The van der Waals surface area contributed by atoms with Crippen LogP contribution in [0.2, 0.25) is 0 Å². The maximum atomic E-state index is 12.4. The molecule has 40 heavy (non-hydrogen) atoms. The highest BCUT2D eigenvalue weighted by Gasteiger charge is 2.03. The zero-order valence-electron chi connectivity index (χ0n) is 23.0. The molecule has 0 aromatic heterocycles. The molecule has 0 bridgehead atoms. The zero-order chi connectivity index (χ0) is 28.2. The van der Waals surface area contributed by atoms with Crippen molar-refractivity contribution in [2.45, 2.75) is 26.7 Å². The van der Waals surface area contributed by atoms with E-state index in [-0.39, 0.29) is 11.6 Å². The Morgan fingerprint density at radius 1 is 0.575 bits per heavy atom. The number of carbonyl (C=O) groups excluding carboxylic acids is 2. The highest BCUT2D eigenvalue weighted by Crippen LogP contribution is 2.17. The van der Waals surface area contributed by atoms with Crippen LogP contribution in [0.1, 0.15) is 55.8 Å². The highest BCUT2D eigenvalue weighted by molar-refractivity contribution is 6.07. The summed E-state index contributed by atoms with van der Waals surface area (Å²) in [5.41, 5.74) is 5.43. The number of aryl methyl sites for hydroxylation is 2. The van der Waals surface area contributed by atoms with Gasteiger partial charge in [-0.1, -0.05) is 96.1 Å². The standard InChI is InChI=1S/C36H34O4/c1-27-11-17-31(18-12-27)35(37)21-15-29-7-5-9-33(25-29)39-23-3-4-24-40-34-10-6-8-30(26-34)16-22-36(38)32-19-13-28(2)14-20-32/h5-22,25-26H,3-4,23-24H2,1-2H3/b21-15+,22-16+. The Kier molecular flexibility index (Phi) is 10.2. The van der Waals surface area contributed by atoms with Gasteiger partial charge in [0.05, 0.1) is 13.2 Å². The lowest BCUT2D eigenvalue weighted by Crippen LogP contribution is -2.02.